The number of carbonyl (C=O) groups excluding carboxylic acids is 2. The Morgan fingerprint density at radius 2 is 1.86 bits per heavy atom. The molecule has 2 aromatic heterocycles. The Kier molecular flexibility index (Phi) is 7.92. The first kappa shape index (κ1) is 25.1. The van der Waals surface area contributed by atoms with Crippen LogP contribution in [0.15, 0.2) is 30.5 Å². The summed E-state index contributed by atoms with van der Waals surface area (Å²) in [4.78, 5) is 54.1. The molecule has 6 N–H and O–H groups in total. The molecule has 0 aliphatic carbocycles. The summed E-state index contributed by atoms with van der Waals surface area (Å²) in [5.41, 5.74) is 13.8. The summed E-state index contributed by atoms with van der Waals surface area (Å²) in [6, 6.07) is 5.61. The summed E-state index contributed by atoms with van der Waals surface area (Å²) >= 11 is 0. The molecular weight excluding hydrogens is 456 g/mol. The molecule has 0 aliphatic rings. The highest BCUT2D eigenvalue weighted by Gasteiger charge is 2.23. The zero-order valence-corrected chi connectivity index (χ0v) is 19.3. The van der Waals surface area contributed by atoms with Gasteiger partial charge in [-0.15, -0.1) is 0 Å². The lowest BCUT2D eigenvalue weighted by molar-refractivity contribution is -0.146. The first-order valence-corrected chi connectivity index (χ1v) is 10.7. The number of hydrogen-bond acceptors (Lipinski definition) is 11. The fourth-order valence-electron chi connectivity index (χ4n) is 3.26. The van der Waals surface area contributed by atoms with Crippen molar-refractivity contribution in [2.45, 2.75) is 32.4 Å². The maximum atomic E-state index is 12.6. The Bertz CT molecular complexity index is 1230. The van der Waals surface area contributed by atoms with Crippen molar-refractivity contribution in [2.75, 3.05) is 30.0 Å². The van der Waals surface area contributed by atoms with E-state index in [1.165, 1.54) is 0 Å². The second-order valence-electron chi connectivity index (χ2n) is 7.61. The number of carbonyl (C=O) groups is 3. The number of aromatic nitrogens is 4. The molecule has 0 saturated heterocycles. The molecule has 0 fully saturated rings. The van der Waals surface area contributed by atoms with E-state index < -0.39 is 23.9 Å². The number of carboxylic acid groups (broad SMARTS) is 1. The first-order chi connectivity index (χ1) is 16.7. The molecule has 35 heavy (non-hydrogen) atoms. The van der Waals surface area contributed by atoms with E-state index in [4.69, 9.17) is 21.3 Å². The molecular formula is C22H26N8O5. The van der Waals surface area contributed by atoms with Gasteiger partial charge in [0.05, 0.1) is 25.0 Å². The monoisotopic (exact) mass is 482 g/mol. The molecule has 184 valence electrons. The predicted octanol–water partition coefficient (Wildman–Crippen LogP) is 0.747. The van der Waals surface area contributed by atoms with Crippen molar-refractivity contribution in [1.29, 1.82) is 0 Å². The maximum absolute atomic E-state index is 12.6. The second kappa shape index (κ2) is 11.0. The predicted molar refractivity (Wildman–Crippen MR) is 127 cm³/mol. The van der Waals surface area contributed by atoms with Gasteiger partial charge in [0, 0.05) is 24.7 Å². The quantitative estimate of drug-likeness (QED) is 0.296. The molecule has 0 radical (unpaired) electrons. The number of nitrogen functional groups attached to an aromatic ring is 2. The number of hydrogen-bond donors (Lipinski definition) is 4. The van der Waals surface area contributed by atoms with Gasteiger partial charge < -0.3 is 31.5 Å². The van der Waals surface area contributed by atoms with E-state index in [0.717, 1.165) is 5.69 Å². The Labute approximate surface area is 200 Å². The molecule has 0 bridgehead atoms. The van der Waals surface area contributed by atoms with Gasteiger partial charge in [-0.1, -0.05) is 0 Å². The van der Waals surface area contributed by atoms with Crippen LogP contribution in [0.2, 0.25) is 0 Å². The minimum atomic E-state index is -1.07. The van der Waals surface area contributed by atoms with Crippen LogP contribution in [0.5, 0.6) is 0 Å². The van der Waals surface area contributed by atoms with E-state index >= 15 is 0 Å². The third-order valence-corrected chi connectivity index (χ3v) is 4.99. The number of aliphatic carboxylic acids is 1. The summed E-state index contributed by atoms with van der Waals surface area (Å²) in [5.74, 6) is -2.10. The highest BCUT2D eigenvalue weighted by molar-refractivity contribution is 5.97. The van der Waals surface area contributed by atoms with Gasteiger partial charge in [-0.25, -0.2) is 14.8 Å². The van der Waals surface area contributed by atoms with E-state index in [1.54, 1.807) is 37.4 Å². The summed E-state index contributed by atoms with van der Waals surface area (Å²) in [6.07, 6.45) is 1.21. The summed E-state index contributed by atoms with van der Waals surface area (Å²) in [5, 5.41) is 11.4. The SMILES string of the molecule is CCOC(=O)[C@H](CCC(=O)O)NC(=O)c1ccc(N(C)Cc2cnc3nc(N)nc(N)c3n2)cc1. The Balaban J connectivity index is 1.68. The summed E-state index contributed by atoms with van der Waals surface area (Å²) in [6.45, 7) is 2.14. The molecule has 1 amide bonds. The number of benzene rings is 1. The fraction of sp³-hybridized carbons (Fsp3) is 0.318. The Morgan fingerprint density at radius 1 is 1.14 bits per heavy atom. The molecule has 2 heterocycles. The smallest absolute Gasteiger partial charge is 0.328 e. The summed E-state index contributed by atoms with van der Waals surface area (Å²) in [7, 11) is 1.84. The van der Waals surface area contributed by atoms with Gasteiger partial charge in [0.1, 0.15) is 6.04 Å². The van der Waals surface area contributed by atoms with Crippen LogP contribution in [0.25, 0.3) is 11.2 Å². The molecule has 1 aromatic carbocycles. The van der Waals surface area contributed by atoms with Gasteiger partial charge >= 0.3 is 11.9 Å². The molecule has 3 aromatic rings. The normalized spacial score (nSPS) is 11.6. The van der Waals surface area contributed by atoms with Crippen LogP contribution in [0.3, 0.4) is 0 Å². The van der Waals surface area contributed by atoms with Gasteiger partial charge in [-0.05, 0) is 37.6 Å². The maximum Gasteiger partial charge on any atom is 0.328 e. The van der Waals surface area contributed by atoms with Crippen LogP contribution in [0, 0.1) is 0 Å². The van der Waals surface area contributed by atoms with Crippen LogP contribution >= 0.6 is 0 Å². The fourth-order valence-corrected chi connectivity index (χ4v) is 3.26. The minimum absolute atomic E-state index is 0.0220. The third kappa shape index (κ3) is 6.50. The topological polar surface area (TPSA) is 200 Å². The van der Waals surface area contributed by atoms with Crippen LogP contribution in [0.1, 0.15) is 35.8 Å². The number of amides is 1. The van der Waals surface area contributed by atoms with E-state index in [1.807, 2.05) is 11.9 Å². The van der Waals surface area contributed by atoms with Crippen molar-refractivity contribution in [3.05, 3.63) is 41.7 Å². The lowest BCUT2D eigenvalue weighted by atomic mass is 10.1. The van der Waals surface area contributed by atoms with E-state index in [2.05, 4.69) is 25.3 Å². The standard InChI is InChI=1S/C22H26N8O5/c1-3-35-21(34)15(8-9-16(31)32)27-20(33)12-4-6-14(7-5-12)30(2)11-13-10-25-19-17(26-13)18(23)28-22(24)29-19/h4-7,10,15H,3,8-9,11H2,1-2H3,(H,27,33)(H,31,32)(H4,23,24,25,28,29)/t15-/m0/s1. The van der Waals surface area contributed by atoms with E-state index in [-0.39, 0.29) is 31.2 Å². The van der Waals surface area contributed by atoms with Crippen LogP contribution in [-0.4, -0.2) is 62.6 Å². The number of rotatable bonds is 10. The van der Waals surface area contributed by atoms with Crippen molar-refractivity contribution in [3.63, 3.8) is 0 Å². The Morgan fingerprint density at radius 3 is 2.51 bits per heavy atom. The van der Waals surface area contributed by atoms with Gasteiger partial charge in [-0.3, -0.25) is 9.59 Å². The lowest BCUT2D eigenvalue weighted by Crippen LogP contribution is -2.42. The van der Waals surface area contributed by atoms with Crippen LogP contribution in [0.4, 0.5) is 17.5 Å². The number of nitrogens with zero attached hydrogens (tertiary/aromatic N) is 5. The highest BCUT2D eigenvalue weighted by atomic mass is 16.5. The largest absolute Gasteiger partial charge is 0.481 e. The van der Waals surface area contributed by atoms with E-state index in [0.29, 0.717) is 29.0 Å². The van der Waals surface area contributed by atoms with Gasteiger partial charge in [-0.2, -0.15) is 9.97 Å². The van der Waals surface area contributed by atoms with E-state index in [9.17, 15) is 14.4 Å². The van der Waals surface area contributed by atoms with Gasteiger partial charge in [0.25, 0.3) is 5.91 Å². The average molecular weight is 483 g/mol. The van der Waals surface area contributed by atoms with Crippen LogP contribution < -0.4 is 21.7 Å². The second-order valence-corrected chi connectivity index (χ2v) is 7.61. The molecule has 13 heteroatoms. The number of carboxylic acids is 1. The third-order valence-electron chi connectivity index (χ3n) is 4.99. The molecule has 0 aliphatic heterocycles. The number of ether oxygens (including phenoxy) is 1. The van der Waals surface area contributed by atoms with Gasteiger partial charge in [0.15, 0.2) is 17.0 Å². The lowest BCUT2D eigenvalue weighted by Gasteiger charge is -2.20. The summed E-state index contributed by atoms with van der Waals surface area (Å²) < 4.78 is 4.93. The molecule has 0 spiro atoms. The zero-order chi connectivity index (χ0) is 25.5. The van der Waals surface area contributed by atoms with Crippen molar-refractivity contribution in [1.82, 2.24) is 25.3 Å². The number of nitrogens with one attached hydrogen (secondary N) is 1. The molecule has 13 nitrogen and oxygen atoms in total. The van der Waals surface area contributed by atoms with Crippen molar-refractivity contribution in [3.8, 4) is 0 Å². The zero-order valence-electron chi connectivity index (χ0n) is 19.3. The molecule has 3 rings (SSSR count). The number of nitrogens with two attached hydrogens (primary N) is 2. The number of fused-ring (bicyclic) bond motifs is 1. The average Bonchev–Trinajstić information content (AvgIpc) is 2.82. The highest BCUT2D eigenvalue weighted by Crippen LogP contribution is 2.19. The molecule has 1 atom stereocenters. The Hall–Kier alpha value is -4.55. The first-order valence-electron chi connectivity index (χ1n) is 10.7. The molecule has 0 unspecified atom stereocenters. The number of esters is 1. The molecule has 0 saturated carbocycles. The van der Waals surface area contributed by atoms with Crippen molar-refractivity contribution >= 4 is 46.5 Å². The minimum Gasteiger partial charge on any atom is -0.481 e. The van der Waals surface area contributed by atoms with Crippen molar-refractivity contribution < 1.29 is 24.2 Å². The van der Waals surface area contributed by atoms with Gasteiger partial charge in [0.2, 0.25) is 5.95 Å². The number of anilines is 3. The van der Waals surface area contributed by atoms with Crippen LogP contribution in [-0.2, 0) is 20.9 Å². The van der Waals surface area contributed by atoms with Crippen molar-refractivity contribution in [2.24, 2.45) is 0 Å².